The van der Waals surface area contributed by atoms with E-state index in [1.165, 1.54) is 43.4 Å². The standard InChI is InChI=1S/C15H15BrFNO4S2/c1-18(10-11-3-5-12(17)6-4-11)24(21,22)15-9-13(23(2,19)20)7-8-14(15)16/h3-9H,10H2,1-2H3. The zero-order valence-electron chi connectivity index (χ0n) is 12.9. The summed E-state index contributed by atoms with van der Waals surface area (Å²) < 4.78 is 63.1. The van der Waals surface area contributed by atoms with Gasteiger partial charge in [0.05, 0.1) is 9.79 Å². The number of sulfone groups is 1. The largest absolute Gasteiger partial charge is 0.244 e. The van der Waals surface area contributed by atoms with Crippen LogP contribution in [0.2, 0.25) is 0 Å². The SMILES string of the molecule is CN(Cc1ccc(F)cc1)S(=O)(=O)c1cc(S(C)(=O)=O)ccc1Br. The number of nitrogens with zero attached hydrogens (tertiary/aromatic N) is 1. The van der Waals surface area contributed by atoms with Crippen LogP contribution in [-0.2, 0) is 26.4 Å². The first-order chi connectivity index (χ1) is 11.0. The maximum absolute atomic E-state index is 12.9. The van der Waals surface area contributed by atoms with Gasteiger partial charge in [-0.15, -0.1) is 0 Å². The van der Waals surface area contributed by atoms with Crippen LogP contribution >= 0.6 is 15.9 Å². The van der Waals surface area contributed by atoms with Crippen LogP contribution in [0.5, 0.6) is 0 Å². The minimum absolute atomic E-state index is 0.0259. The molecule has 130 valence electrons. The lowest BCUT2D eigenvalue weighted by atomic mass is 10.2. The van der Waals surface area contributed by atoms with Crippen LogP contribution in [0, 0.1) is 5.82 Å². The lowest BCUT2D eigenvalue weighted by Crippen LogP contribution is -2.27. The van der Waals surface area contributed by atoms with Crippen LogP contribution in [0.3, 0.4) is 0 Å². The third-order valence-electron chi connectivity index (χ3n) is 3.34. The quantitative estimate of drug-likeness (QED) is 0.723. The third-order valence-corrected chi connectivity index (χ3v) is 7.25. The summed E-state index contributed by atoms with van der Waals surface area (Å²) in [5.74, 6) is -0.409. The minimum Gasteiger partial charge on any atom is -0.224 e. The molecule has 2 rings (SSSR count). The van der Waals surface area contributed by atoms with Gasteiger partial charge in [-0.3, -0.25) is 0 Å². The monoisotopic (exact) mass is 435 g/mol. The highest BCUT2D eigenvalue weighted by Crippen LogP contribution is 2.28. The van der Waals surface area contributed by atoms with Crippen LogP contribution in [0.1, 0.15) is 5.56 Å². The Morgan fingerprint density at radius 2 is 1.62 bits per heavy atom. The Morgan fingerprint density at radius 1 is 1.04 bits per heavy atom. The molecule has 0 aliphatic rings. The van der Waals surface area contributed by atoms with Crippen molar-refractivity contribution in [3.8, 4) is 0 Å². The van der Waals surface area contributed by atoms with E-state index in [4.69, 9.17) is 0 Å². The summed E-state index contributed by atoms with van der Waals surface area (Å²) in [7, 11) is -6.10. The summed E-state index contributed by atoms with van der Waals surface area (Å²) in [6, 6.07) is 9.31. The van der Waals surface area contributed by atoms with Crippen molar-refractivity contribution in [2.24, 2.45) is 0 Å². The molecule has 2 aromatic carbocycles. The van der Waals surface area contributed by atoms with Crippen molar-refractivity contribution in [3.63, 3.8) is 0 Å². The van der Waals surface area contributed by atoms with Gasteiger partial charge < -0.3 is 0 Å². The fraction of sp³-hybridized carbons (Fsp3) is 0.200. The molecule has 0 N–H and O–H groups in total. The van der Waals surface area contributed by atoms with E-state index in [0.29, 0.717) is 5.56 Å². The molecular weight excluding hydrogens is 421 g/mol. The molecule has 0 heterocycles. The Morgan fingerprint density at radius 3 is 2.17 bits per heavy atom. The Balaban J connectivity index is 2.40. The van der Waals surface area contributed by atoms with Gasteiger partial charge in [0.1, 0.15) is 5.82 Å². The maximum atomic E-state index is 12.9. The zero-order chi connectivity index (χ0) is 18.1. The molecule has 24 heavy (non-hydrogen) atoms. The lowest BCUT2D eigenvalue weighted by Gasteiger charge is -2.18. The van der Waals surface area contributed by atoms with Gasteiger partial charge in [0, 0.05) is 24.3 Å². The predicted octanol–water partition coefficient (Wildman–Crippen LogP) is 2.81. The van der Waals surface area contributed by atoms with Gasteiger partial charge in [0.15, 0.2) is 9.84 Å². The highest BCUT2D eigenvalue weighted by Gasteiger charge is 2.25. The van der Waals surface area contributed by atoms with Gasteiger partial charge in [0.25, 0.3) is 0 Å². The van der Waals surface area contributed by atoms with E-state index in [0.717, 1.165) is 16.6 Å². The number of sulfonamides is 1. The average Bonchev–Trinajstić information content (AvgIpc) is 2.48. The van der Waals surface area contributed by atoms with Crippen molar-refractivity contribution >= 4 is 35.8 Å². The first-order valence-corrected chi connectivity index (χ1v) is 10.8. The maximum Gasteiger partial charge on any atom is 0.244 e. The fourth-order valence-electron chi connectivity index (χ4n) is 2.01. The molecule has 0 unspecified atom stereocenters. The Bertz CT molecular complexity index is 957. The van der Waals surface area contributed by atoms with Crippen molar-refractivity contribution in [3.05, 3.63) is 58.3 Å². The Labute approximate surface area is 149 Å². The molecule has 0 atom stereocenters. The third kappa shape index (κ3) is 4.21. The summed E-state index contributed by atoms with van der Waals surface area (Å²) in [6.07, 6.45) is 1.01. The van der Waals surface area contributed by atoms with Crippen LogP contribution < -0.4 is 0 Å². The van der Waals surface area contributed by atoms with Crippen molar-refractivity contribution in [2.75, 3.05) is 13.3 Å². The van der Waals surface area contributed by atoms with Gasteiger partial charge in [-0.1, -0.05) is 12.1 Å². The van der Waals surface area contributed by atoms with Crippen molar-refractivity contribution in [2.45, 2.75) is 16.3 Å². The predicted molar refractivity (Wildman–Crippen MR) is 92.3 cm³/mol. The number of halogens is 2. The van der Waals surface area contributed by atoms with E-state index in [1.807, 2.05) is 0 Å². The first kappa shape index (κ1) is 19.0. The van der Waals surface area contributed by atoms with Crippen LogP contribution in [0.4, 0.5) is 4.39 Å². The molecule has 0 bridgehead atoms. The number of rotatable bonds is 5. The van der Waals surface area contributed by atoms with Gasteiger partial charge in [-0.2, -0.15) is 4.31 Å². The van der Waals surface area contributed by atoms with Gasteiger partial charge in [-0.05, 0) is 51.8 Å². The van der Waals surface area contributed by atoms with E-state index < -0.39 is 25.7 Å². The second-order valence-electron chi connectivity index (χ2n) is 5.25. The van der Waals surface area contributed by atoms with Gasteiger partial charge >= 0.3 is 0 Å². The molecule has 9 heteroatoms. The molecule has 0 aromatic heterocycles. The lowest BCUT2D eigenvalue weighted by molar-refractivity contribution is 0.466. The molecule has 0 amide bonds. The van der Waals surface area contributed by atoms with Gasteiger partial charge in [-0.25, -0.2) is 21.2 Å². The van der Waals surface area contributed by atoms with Crippen LogP contribution in [0.15, 0.2) is 56.7 Å². The van der Waals surface area contributed by atoms with E-state index in [2.05, 4.69) is 15.9 Å². The summed E-state index contributed by atoms with van der Waals surface area (Å²) >= 11 is 3.15. The summed E-state index contributed by atoms with van der Waals surface area (Å²) in [5.41, 5.74) is 0.609. The number of hydrogen-bond donors (Lipinski definition) is 0. The molecule has 0 fully saturated rings. The van der Waals surface area contributed by atoms with Crippen LogP contribution in [0.25, 0.3) is 0 Å². The topological polar surface area (TPSA) is 71.5 Å². The van der Waals surface area contributed by atoms with E-state index >= 15 is 0 Å². The summed E-state index contributed by atoms with van der Waals surface area (Å²) in [5, 5.41) is 0. The molecule has 0 aliphatic carbocycles. The second-order valence-corrected chi connectivity index (χ2v) is 10.1. The smallest absolute Gasteiger partial charge is 0.224 e. The molecular formula is C15H15BrFNO4S2. The number of hydrogen-bond acceptors (Lipinski definition) is 4. The van der Waals surface area contributed by atoms with Crippen LogP contribution in [-0.4, -0.2) is 34.4 Å². The van der Waals surface area contributed by atoms with E-state index in [9.17, 15) is 21.2 Å². The molecule has 5 nitrogen and oxygen atoms in total. The fourth-order valence-corrected chi connectivity index (χ4v) is 4.84. The molecule has 0 spiro atoms. The first-order valence-electron chi connectivity index (χ1n) is 6.72. The zero-order valence-corrected chi connectivity index (χ0v) is 16.1. The second kappa shape index (κ2) is 6.91. The van der Waals surface area contributed by atoms with Crippen molar-refractivity contribution in [1.82, 2.24) is 4.31 Å². The highest BCUT2D eigenvalue weighted by molar-refractivity contribution is 9.10. The summed E-state index contributed by atoms with van der Waals surface area (Å²) in [6.45, 7) is 0.0259. The molecule has 0 radical (unpaired) electrons. The average molecular weight is 436 g/mol. The normalized spacial score (nSPS) is 12.5. The van der Waals surface area contributed by atoms with Crippen molar-refractivity contribution < 1.29 is 21.2 Å². The molecule has 0 saturated carbocycles. The highest BCUT2D eigenvalue weighted by atomic mass is 79.9. The van der Waals surface area contributed by atoms with Crippen molar-refractivity contribution in [1.29, 1.82) is 0 Å². The Hall–Kier alpha value is -1.29. The molecule has 0 saturated heterocycles. The number of benzene rings is 2. The molecule has 2 aromatic rings. The van der Waals surface area contributed by atoms with E-state index in [1.54, 1.807) is 0 Å². The molecule has 0 aliphatic heterocycles. The van der Waals surface area contributed by atoms with E-state index in [-0.39, 0.29) is 20.8 Å². The summed E-state index contributed by atoms with van der Waals surface area (Å²) in [4.78, 5) is -0.227. The minimum atomic E-state index is -3.93. The Kier molecular flexibility index (Phi) is 5.48. The van der Waals surface area contributed by atoms with Gasteiger partial charge in [0.2, 0.25) is 10.0 Å².